The minimum absolute atomic E-state index is 0.184. The molecule has 2 heterocycles. The van der Waals surface area contributed by atoms with Crippen molar-refractivity contribution >= 4 is 17.5 Å². The van der Waals surface area contributed by atoms with Gasteiger partial charge in [0, 0.05) is 26.0 Å². The van der Waals surface area contributed by atoms with Crippen molar-refractivity contribution in [3.05, 3.63) is 36.3 Å². The first kappa shape index (κ1) is 14.0. The Morgan fingerprint density at radius 1 is 1.40 bits per heavy atom. The highest BCUT2D eigenvalue weighted by atomic mass is 16.5. The quantitative estimate of drug-likeness (QED) is 0.773. The first-order chi connectivity index (χ1) is 9.61. The van der Waals surface area contributed by atoms with Crippen LogP contribution >= 0.6 is 0 Å². The van der Waals surface area contributed by atoms with Crippen molar-refractivity contribution in [1.82, 2.24) is 14.3 Å². The first-order valence-electron chi connectivity index (χ1n) is 6.46. The number of carbonyl (C=O) groups is 2. The van der Waals surface area contributed by atoms with Crippen LogP contribution in [-0.4, -0.2) is 46.4 Å². The third-order valence-electron chi connectivity index (χ3n) is 2.89. The second kappa shape index (κ2) is 6.18. The lowest BCUT2D eigenvalue weighted by Crippen LogP contribution is -2.29. The van der Waals surface area contributed by atoms with Crippen LogP contribution in [0.25, 0.3) is 5.65 Å². The molecule has 0 aliphatic heterocycles. The maximum absolute atomic E-state index is 12.2. The van der Waals surface area contributed by atoms with E-state index in [0.717, 1.165) is 5.65 Å². The topological polar surface area (TPSA) is 63.9 Å². The third-order valence-corrected chi connectivity index (χ3v) is 2.89. The van der Waals surface area contributed by atoms with Gasteiger partial charge in [-0.15, -0.1) is 0 Å². The zero-order valence-electron chi connectivity index (χ0n) is 11.6. The molecule has 0 atom stereocenters. The number of fused-ring (bicyclic) bond motifs is 1. The highest BCUT2D eigenvalue weighted by Gasteiger charge is 2.16. The number of esters is 1. The van der Waals surface area contributed by atoms with E-state index in [1.54, 1.807) is 24.6 Å². The van der Waals surface area contributed by atoms with Gasteiger partial charge in [0.2, 0.25) is 0 Å². The lowest BCUT2D eigenvalue weighted by molar-refractivity contribution is -0.143. The molecule has 0 saturated carbocycles. The summed E-state index contributed by atoms with van der Waals surface area (Å²) < 4.78 is 6.61. The summed E-state index contributed by atoms with van der Waals surface area (Å²) in [7, 11) is 1.64. The molecule has 0 N–H and O–H groups in total. The van der Waals surface area contributed by atoms with Gasteiger partial charge >= 0.3 is 5.97 Å². The number of hydrogen-bond donors (Lipinski definition) is 0. The Morgan fingerprint density at radius 2 is 2.20 bits per heavy atom. The van der Waals surface area contributed by atoms with Crippen molar-refractivity contribution in [3.8, 4) is 0 Å². The minimum Gasteiger partial charge on any atom is -0.466 e. The van der Waals surface area contributed by atoms with Gasteiger partial charge in [-0.2, -0.15) is 0 Å². The first-order valence-corrected chi connectivity index (χ1v) is 6.46. The Morgan fingerprint density at radius 3 is 2.90 bits per heavy atom. The lowest BCUT2D eigenvalue weighted by atomic mass is 10.3. The zero-order chi connectivity index (χ0) is 14.5. The van der Waals surface area contributed by atoms with Crippen LogP contribution in [0.4, 0.5) is 0 Å². The number of imidazole rings is 1. The molecule has 106 valence electrons. The Bertz CT molecular complexity index is 588. The monoisotopic (exact) mass is 275 g/mol. The molecule has 0 aliphatic rings. The van der Waals surface area contributed by atoms with Gasteiger partial charge in [-0.05, 0) is 19.1 Å². The van der Waals surface area contributed by atoms with Gasteiger partial charge in [0.1, 0.15) is 11.3 Å². The van der Waals surface area contributed by atoms with Gasteiger partial charge in [-0.25, -0.2) is 4.98 Å². The zero-order valence-corrected chi connectivity index (χ0v) is 11.6. The fraction of sp³-hybridized carbons (Fsp3) is 0.357. The number of rotatable bonds is 5. The lowest BCUT2D eigenvalue weighted by Gasteiger charge is -2.14. The number of hydrogen-bond acceptors (Lipinski definition) is 4. The van der Waals surface area contributed by atoms with Crippen molar-refractivity contribution in [2.45, 2.75) is 13.3 Å². The van der Waals surface area contributed by atoms with Crippen LogP contribution in [0.5, 0.6) is 0 Å². The van der Waals surface area contributed by atoms with Crippen LogP contribution in [-0.2, 0) is 9.53 Å². The molecule has 0 unspecified atom stereocenters. The summed E-state index contributed by atoms with van der Waals surface area (Å²) in [6, 6.07) is 5.56. The summed E-state index contributed by atoms with van der Waals surface area (Å²) >= 11 is 0. The second-order valence-electron chi connectivity index (χ2n) is 4.37. The van der Waals surface area contributed by atoms with Crippen molar-refractivity contribution in [2.75, 3.05) is 20.2 Å². The van der Waals surface area contributed by atoms with Crippen LogP contribution < -0.4 is 0 Å². The Kier molecular flexibility index (Phi) is 4.34. The van der Waals surface area contributed by atoms with Crippen LogP contribution in [0.15, 0.2) is 30.6 Å². The molecule has 2 aromatic heterocycles. The average Bonchev–Trinajstić information content (AvgIpc) is 2.88. The van der Waals surface area contributed by atoms with E-state index in [1.165, 1.54) is 4.90 Å². The molecule has 0 radical (unpaired) electrons. The number of nitrogens with zero attached hydrogens (tertiary/aromatic N) is 3. The number of ether oxygens (including phenoxy) is 1. The molecule has 2 aromatic rings. The van der Waals surface area contributed by atoms with E-state index in [2.05, 4.69) is 4.98 Å². The molecule has 6 nitrogen and oxygen atoms in total. The summed E-state index contributed by atoms with van der Waals surface area (Å²) in [5.41, 5.74) is 1.08. The molecule has 0 bridgehead atoms. The fourth-order valence-electron chi connectivity index (χ4n) is 1.83. The largest absolute Gasteiger partial charge is 0.466 e. The van der Waals surface area contributed by atoms with Crippen LogP contribution in [0, 0.1) is 0 Å². The number of carbonyl (C=O) groups excluding carboxylic acids is 2. The van der Waals surface area contributed by atoms with Crippen molar-refractivity contribution in [3.63, 3.8) is 0 Å². The number of aromatic nitrogens is 2. The van der Waals surface area contributed by atoms with Crippen LogP contribution in [0.2, 0.25) is 0 Å². The van der Waals surface area contributed by atoms with Gasteiger partial charge in [-0.1, -0.05) is 6.07 Å². The van der Waals surface area contributed by atoms with Gasteiger partial charge in [0.25, 0.3) is 5.91 Å². The maximum Gasteiger partial charge on any atom is 0.307 e. The molecule has 2 rings (SSSR count). The van der Waals surface area contributed by atoms with Gasteiger partial charge in [0.15, 0.2) is 0 Å². The summed E-state index contributed by atoms with van der Waals surface area (Å²) in [4.78, 5) is 29.2. The normalized spacial score (nSPS) is 10.5. The maximum atomic E-state index is 12.2. The van der Waals surface area contributed by atoms with Crippen LogP contribution in [0.1, 0.15) is 23.8 Å². The van der Waals surface area contributed by atoms with Crippen molar-refractivity contribution < 1.29 is 14.3 Å². The molecule has 1 amide bonds. The minimum atomic E-state index is -0.304. The van der Waals surface area contributed by atoms with E-state index in [4.69, 9.17) is 4.74 Å². The Labute approximate surface area is 117 Å². The van der Waals surface area contributed by atoms with E-state index in [-0.39, 0.29) is 18.3 Å². The molecule has 0 aliphatic carbocycles. The SMILES string of the molecule is CCOC(=O)CCN(C)C(=O)c1cn2ccccc2n1. The van der Waals surface area contributed by atoms with E-state index < -0.39 is 0 Å². The highest BCUT2D eigenvalue weighted by molar-refractivity contribution is 5.92. The predicted octanol–water partition coefficient (Wildman–Crippen LogP) is 1.36. The second-order valence-corrected chi connectivity index (χ2v) is 4.37. The molecule has 0 aromatic carbocycles. The third kappa shape index (κ3) is 3.14. The van der Waals surface area contributed by atoms with Crippen molar-refractivity contribution in [1.29, 1.82) is 0 Å². The van der Waals surface area contributed by atoms with Crippen LogP contribution in [0.3, 0.4) is 0 Å². The van der Waals surface area contributed by atoms with Gasteiger partial charge in [0.05, 0.1) is 13.0 Å². The van der Waals surface area contributed by atoms with E-state index >= 15 is 0 Å². The summed E-state index contributed by atoms with van der Waals surface area (Å²) in [5.74, 6) is -0.514. The molecular weight excluding hydrogens is 258 g/mol. The summed E-state index contributed by atoms with van der Waals surface area (Å²) in [6.45, 7) is 2.41. The summed E-state index contributed by atoms with van der Waals surface area (Å²) in [5, 5.41) is 0. The number of amides is 1. The standard InChI is InChI=1S/C14H17N3O3/c1-3-20-13(18)7-9-16(2)14(19)11-10-17-8-5-4-6-12(17)15-11/h4-6,8,10H,3,7,9H2,1-2H3. The van der Waals surface area contributed by atoms with Crippen molar-refractivity contribution in [2.24, 2.45) is 0 Å². The smallest absolute Gasteiger partial charge is 0.307 e. The highest BCUT2D eigenvalue weighted by Crippen LogP contribution is 2.07. The molecular formula is C14H17N3O3. The molecule has 0 fully saturated rings. The van der Waals surface area contributed by atoms with E-state index in [9.17, 15) is 9.59 Å². The van der Waals surface area contributed by atoms with E-state index in [0.29, 0.717) is 18.8 Å². The number of pyridine rings is 1. The molecule has 0 spiro atoms. The predicted molar refractivity (Wildman–Crippen MR) is 73.4 cm³/mol. The van der Waals surface area contributed by atoms with Gasteiger partial charge < -0.3 is 14.0 Å². The summed E-state index contributed by atoms with van der Waals surface area (Å²) in [6.07, 6.45) is 3.69. The average molecular weight is 275 g/mol. The molecule has 6 heteroatoms. The van der Waals surface area contributed by atoms with E-state index in [1.807, 2.05) is 24.4 Å². The molecule has 20 heavy (non-hydrogen) atoms. The fourth-order valence-corrected chi connectivity index (χ4v) is 1.83. The van der Waals surface area contributed by atoms with Gasteiger partial charge in [-0.3, -0.25) is 9.59 Å². The Balaban J connectivity index is 2.01. The Hall–Kier alpha value is -2.37. The molecule has 0 saturated heterocycles.